The van der Waals surface area contributed by atoms with Gasteiger partial charge in [0.2, 0.25) is 0 Å². The Labute approximate surface area is 157 Å². The second-order valence-corrected chi connectivity index (χ2v) is 7.09. The van der Waals surface area contributed by atoms with Gasteiger partial charge in [-0.2, -0.15) is 0 Å². The van der Waals surface area contributed by atoms with Crippen molar-refractivity contribution in [3.63, 3.8) is 0 Å². The molecule has 0 bridgehead atoms. The second-order valence-electron chi connectivity index (χ2n) is 5.87. The van der Waals surface area contributed by atoms with E-state index in [4.69, 9.17) is 44.3 Å². The fraction of sp³-hybridized carbons (Fsp3) is 0.529. The van der Waals surface area contributed by atoms with Crippen LogP contribution < -0.4 is 4.74 Å². The van der Waals surface area contributed by atoms with Crippen LogP contribution in [0.1, 0.15) is 40.5 Å². The molecule has 24 heavy (non-hydrogen) atoms. The number of ether oxygens (including phenoxy) is 2. The zero-order valence-electron chi connectivity index (χ0n) is 14.1. The summed E-state index contributed by atoms with van der Waals surface area (Å²) in [4.78, 5) is 25.1. The predicted octanol–water partition coefficient (Wildman–Crippen LogP) is 5.56. The molecule has 0 unspecified atom stereocenters. The van der Waals surface area contributed by atoms with E-state index in [1.165, 1.54) is 12.1 Å². The van der Waals surface area contributed by atoms with Gasteiger partial charge in [-0.15, -0.1) is 0 Å². The molecule has 0 aliphatic carbocycles. The van der Waals surface area contributed by atoms with E-state index in [1.807, 2.05) is 13.8 Å². The van der Waals surface area contributed by atoms with E-state index in [9.17, 15) is 9.59 Å². The Kier molecular flexibility index (Phi) is 7.84. The minimum atomic E-state index is -1.38. The number of hydrogen-bond acceptors (Lipinski definition) is 4. The molecule has 0 aliphatic rings. The van der Waals surface area contributed by atoms with Crippen molar-refractivity contribution in [3.8, 4) is 5.75 Å². The third kappa shape index (κ3) is 4.78. The molecular weight excluding hydrogens is 375 g/mol. The van der Waals surface area contributed by atoms with Gasteiger partial charge in [-0.05, 0) is 24.8 Å². The average Bonchev–Trinajstić information content (AvgIpc) is 2.52. The van der Waals surface area contributed by atoms with Crippen LogP contribution in [0.25, 0.3) is 0 Å². The number of carbonyl (C=O) groups excluding carboxylic acids is 2. The number of rotatable bonds is 7. The normalized spacial score (nSPS) is 11.5. The van der Waals surface area contributed by atoms with Crippen LogP contribution in [0.2, 0.25) is 15.1 Å². The van der Waals surface area contributed by atoms with E-state index in [-0.39, 0.29) is 46.2 Å². The van der Waals surface area contributed by atoms with Crippen LogP contribution in [0.5, 0.6) is 5.75 Å². The smallest absolute Gasteiger partial charge is 0.328 e. The fourth-order valence-electron chi connectivity index (χ4n) is 2.07. The Bertz CT molecular complexity index is 610. The third-order valence-corrected chi connectivity index (χ3v) is 4.73. The van der Waals surface area contributed by atoms with E-state index in [0.29, 0.717) is 0 Å². The summed E-state index contributed by atoms with van der Waals surface area (Å²) in [6.45, 7) is 7.54. The van der Waals surface area contributed by atoms with Crippen LogP contribution in [-0.4, -0.2) is 18.5 Å². The SMILES string of the molecule is CCC(CC)(C(=O)OCC(C)C)C(=O)Oc1cc(Cl)c(Cl)cc1Cl. The highest BCUT2D eigenvalue weighted by atomic mass is 35.5. The van der Waals surface area contributed by atoms with E-state index < -0.39 is 17.4 Å². The third-order valence-electron chi connectivity index (χ3n) is 3.71. The summed E-state index contributed by atoms with van der Waals surface area (Å²) in [5.74, 6) is -1.09. The zero-order chi connectivity index (χ0) is 18.5. The molecule has 0 heterocycles. The molecule has 0 atom stereocenters. The minimum absolute atomic E-state index is 0.0546. The van der Waals surface area contributed by atoms with Crippen molar-refractivity contribution in [1.29, 1.82) is 0 Å². The summed E-state index contributed by atoms with van der Waals surface area (Å²) in [5, 5.41) is 0.578. The number of carbonyl (C=O) groups is 2. The van der Waals surface area contributed by atoms with Crippen LogP contribution in [0.4, 0.5) is 0 Å². The van der Waals surface area contributed by atoms with Crippen LogP contribution in [0.3, 0.4) is 0 Å². The maximum atomic E-state index is 12.7. The van der Waals surface area contributed by atoms with Crippen molar-refractivity contribution in [2.24, 2.45) is 11.3 Å². The van der Waals surface area contributed by atoms with Gasteiger partial charge in [0.1, 0.15) is 0 Å². The molecule has 1 rings (SSSR count). The number of hydrogen-bond donors (Lipinski definition) is 0. The lowest BCUT2D eigenvalue weighted by Crippen LogP contribution is -2.43. The first-order valence-corrected chi connectivity index (χ1v) is 8.85. The number of halogens is 3. The zero-order valence-corrected chi connectivity index (χ0v) is 16.4. The Morgan fingerprint density at radius 3 is 2.04 bits per heavy atom. The number of esters is 2. The summed E-state index contributed by atoms with van der Waals surface area (Å²) in [6.07, 6.45) is 0.496. The van der Waals surface area contributed by atoms with E-state index >= 15 is 0 Å². The summed E-state index contributed by atoms with van der Waals surface area (Å²) < 4.78 is 10.6. The average molecular weight is 396 g/mol. The number of benzene rings is 1. The first kappa shape index (κ1) is 21.1. The molecule has 0 aliphatic heterocycles. The van der Waals surface area contributed by atoms with Crippen molar-refractivity contribution < 1.29 is 19.1 Å². The highest BCUT2D eigenvalue weighted by Crippen LogP contribution is 2.37. The molecule has 0 fully saturated rings. The molecule has 0 aromatic heterocycles. The Morgan fingerprint density at radius 1 is 1.00 bits per heavy atom. The van der Waals surface area contributed by atoms with Crippen LogP contribution in [-0.2, 0) is 14.3 Å². The van der Waals surface area contributed by atoms with Crippen molar-refractivity contribution >= 4 is 46.7 Å². The lowest BCUT2D eigenvalue weighted by atomic mass is 9.82. The molecular formula is C17H21Cl3O4. The summed E-state index contributed by atoms with van der Waals surface area (Å²) in [7, 11) is 0. The standard InChI is InChI=1S/C17H21Cl3O4/c1-5-17(6-2,15(21)23-9-10(3)4)16(22)24-14-8-12(19)11(18)7-13(14)20/h7-8,10H,5-6,9H2,1-4H3. The van der Waals surface area contributed by atoms with Crippen LogP contribution >= 0.6 is 34.8 Å². The Morgan fingerprint density at radius 2 is 1.54 bits per heavy atom. The molecule has 0 amide bonds. The van der Waals surface area contributed by atoms with Crippen molar-refractivity contribution in [2.45, 2.75) is 40.5 Å². The lowest BCUT2D eigenvalue weighted by Gasteiger charge is -2.27. The van der Waals surface area contributed by atoms with Crippen molar-refractivity contribution in [2.75, 3.05) is 6.61 Å². The lowest BCUT2D eigenvalue weighted by molar-refractivity contribution is -0.168. The highest BCUT2D eigenvalue weighted by Gasteiger charge is 2.46. The quantitative estimate of drug-likeness (QED) is 0.262. The van der Waals surface area contributed by atoms with Crippen molar-refractivity contribution in [1.82, 2.24) is 0 Å². The largest absolute Gasteiger partial charge is 0.465 e. The van der Waals surface area contributed by atoms with Crippen LogP contribution in [0.15, 0.2) is 12.1 Å². The van der Waals surface area contributed by atoms with Gasteiger partial charge in [-0.3, -0.25) is 9.59 Å². The van der Waals surface area contributed by atoms with Gasteiger partial charge >= 0.3 is 11.9 Å². The molecule has 0 radical (unpaired) electrons. The molecule has 1 aromatic rings. The summed E-state index contributed by atoms with van der Waals surface area (Å²) in [5.41, 5.74) is -1.38. The van der Waals surface area contributed by atoms with Gasteiger partial charge in [0.25, 0.3) is 0 Å². The molecule has 1 aromatic carbocycles. The first-order valence-electron chi connectivity index (χ1n) is 7.72. The topological polar surface area (TPSA) is 52.6 Å². The van der Waals surface area contributed by atoms with Gasteiger partial charge < -0.3 is 9.47 Å². The molecule has 7 heteroatoms. The van der Waals surface area contributed by atoms with Gasteiger partial charge in [-0.1, -0.05) is 62.5 Å². The Balaban J connectivity index is 3.06. The monoisotopic (exact) mass is 394 g/mol. The van der Waals surface area contributed by atoms with E-state index in [1.54, 1.807) is 13.8 Å². The highest BCUT2D eigenvalue weighted by molar-refractivity contribution is 6.43. The second kappa shape index (κ2) is 8.93. The maximum absolute atomic E-state index is 12.7. The molecule has 134 valence electrons. The fourth-order valence-corrected chi connectivity index (χ4v) is 2.65. The molecule has 4 nitrogen and oxygen atoms in total. The van der Waals surface area contributed by atoms with Crippen molar-refractivity contribution in [3.05, 3.63) is 27.2 Å². The Hall–Kier alpha value is -0.970. The minimum Gasteiger partial charge on any atom is -0.465 e. The molecule has 0 spiro atoms. The van der Waals surface area contributed by atoms with Gasteiger partial charge in [0, 0.05) is 6.07 Å². The van der Waals surface area contributed by atoms with Gasteiger partial charge in [0.05, 0.1) is 21.7 Å². The maximum Gasteiger partial charge on any atom is 0.328 e. The van der Waals surface area contributed by atoms with E-state index in [0.717, 1.165) is 0 Å². The molecule has 0 saturated heterocycles. The van der Waals surface area contributed by atoms with Crippen LogP contribution in [0, 0.1) is 11.3 Å². The molecule has 0 N–H and O–H groups in total. The molecule has 0 saturated carbocycles. The summed E-state index contributed by atoms with van der Waals surface area (Å²) in [6, 6.07) is 2.73. The van der Waals surface area contributed by atoms with E-state index in [2.05, 4.69) is 0 Å². The predicted molar refractivity (Wildman–Crippen MR) is 95.9 cm³/mol. The summed E-state index contributed by atoms with van der Waals surface area (Å²) >= 11 is 17.8. The first-order chi connectivity index (χ1) is 11.2. The van der Waals surface area contributed by atoms with Gasteiger partial charge in [-0.25, -0.2) is 0 Å². The van der Waals surface area contributed by atoms with Gasteiger partial charge in [0.15, 0.2) is 11.2 Å².